The number of nitrogens with two attached hydrogens (primary N) is 1. The quantitative estimate of drug-likeness (QED) is 0.773. The number of carbonyl (C=O) groups excluding carboxylic acids is 4. The summed E-state index contributed by atoms with van der Waals surface area (Å²) in [6.45, 7) is -0.394. The van der Waals surface area contributed by atoms with Crippen LogP contribution in [0.1, 0.15) is 15.9 Å². The van der Waals surface area contributed by atoms with Gasteiger partial charge < -0.3 is 11.1 Å². The minimum Gasteiger partial charge on any atom is -0.366 e. The lowest BCUT2D eigenvalue weighted by Crippen LogP contribution is -2.36. The zero-order valence-electron chi connectivity index (χ0n) is 14.0. The zero-order chi connectivity index (χ0) is 19.4. The van der Waals surface area contributed by atoms with Gasteiger partial charge in [-0.2, -0.15) is 0 Å². The molecule has 2 aromatic carbocycles. The van der Waals surface area contributed by atoms with Crippen LogP contribution in [0.4, 0.5) is 10.5 Å². The maximum absolute atomic E-state index is 12.4. The van der Waals surface area contributed by atoms with Gasteiger partial charge in [-0.05, 0) is 47.7 Å². The van der Waals surface area contributed by atoms with Crippen molar-refractivity contribution in [3.05, 3.63) is 70.6 Å². The molecule has 3 N–H and O–H groups in total. The second-order valence-corrected chi connectivity index (χ2v) is 6.66. The van der Waals surface area contributed by atoms with Gasteiger partial charge in [0.05, 0.1) is 4.91 Å². The maximum atomic E-state index is 12.4. The number of imide groups is 1. The molecule has 8 heteroatoms. The molecular formula is C19H15N3O4S. The third kappa shape index (κ3) is 4.42. The molecule has 2 aromatic rings. The molecule has 1 aliphatic rings. The van der Waals surface area contributed by atoms with Crippen LogP contribution in [0, 0.1) is 0 Å². The molecule has 3 rings (SSSR count). The summed E-state index contributed by atoms with van der Waals surface area (Å²) in [5, 5.41) is 2.08. The van der Waals surface area contributed by atoms with Gasteiger partial charge in [-0.15, -0.1) is 0 Å². The number of carbonyl (C=O) groups is 4. The van der Waals surface area contributed by atoms with Crippen molar-refractivity contribution in [2.24, 2.45) is 5.73 Å². The third-order valence-electron chi connectivity index (χ3n) is 3.73. The summed E-state index contributed by atoms with van der Waals surface area (Å²) >= 11 is 0.797. The number of amides is 4. The molecule has 0 bridgehead atoms. The standard InChI is InChI=1S/C19H15N3O4S/c20-17(24)13-6-8-14(9-7-13)21-16(23)11-22-18(25)15(27-19(22)26)10-12-4-2-1-3-5-12/h1-10H,11H2,(H2,20,24)(H,21,23)/b15-10+. The molecule has 0 unspecified atom stereocenters. The number of primary amides is 1. The van der Waals surface area contributed by atoms with Gasteiger partial charge in [-0.25, -0.2) is 0 Å². The van der Waals surface area contributed by atoms with Gasteiger partial charge >= 0.3 is 0 Å². The van der Waals surface area contributed by atoms with E-state index >= 15 is 0 Å². The van der Waals surface area contributed by atoms with Crippen molar-refractivity contribution >= 4 is 46.5 Å². The third-order valence-corrected chi connectivity index (χ3v) is 4.63. The van der Waals surface area contributed by atoms with Gasteiger partial charge in [0.1, 0.15) is 6.54 Å². The van der Waals surface area contributed by atoms with Crippen molar-refractivity contribution in [2.45, 2.75) is 0 Å². The van der Waals surface area contributed by atoms with E-state index < -0.39 is 29.5 Å². The van der Waals surface area contributed by atoms with Crippen LogP contribution in [-0.2, 0) is 9.59 Å². The molecule has 0 aromatic heterocycles. The predicted molar refractivity (Wildman–Crippen MR) is 103 cm³/mol. The van der Waals surface area contributed by atoms with Crippen molar-refractivity contribution in [3.8, 4) is 0 Å². The highest BCUT2D eigenvalue weighted by molar-refractivity contribution is 8.18. The SMILES string of the molecule is NC(=O)c1ccc(NC(=O)CN2C(=O)S/C(=C/c3ccccc3)C2=O)cc1. The van der Waals surface area contributed by atoms with E-state index in [1.165, 1.54) is 24.3 Å². The summed E-state index contributed by atoms with van der Waals surface area (Å²) in [7, 11) is 0. The molecule has 136 valence electrons. The molecule has 0 radical (unpaired) electrons. The Labute approximate surface area is 159 Å². The van der Waals surface area contributed by atoms with E-state index in [2.05, 4.69) is 5.32 Å². The monoisotopic (exact) mass is 381 g/mol. The van der Waals surface area contributed by atoms with Crippen LogP contribution >= 0.6 is 11.8 Å². The molecule has 1 heterocycles. The number of nitrogens with one attached hydrogen (secondary N) is 1. The maximum Gasteiger partial charge on any atom is 0.294 e. The van der Waals surface area contributed by atoms with Crippen LogP contribution in [-0.4, -0.2) is 34.4 Å². The number of hydrogen-bond donors (Lipinski definition) is 2. The van der Waals surface area contributed by atoms with Crippen LogP contribution in [0.5, 0.6) is 0 Å². The van der Waals surface area contributed by atoms with E-state index in [0.29, 0.717) is 11.3 Å². The zero-order valence-corrected chi connectivity index (χ0v) is 14.9. The molecule has 0 atom stereocenters. The molecule has 0 saturated carbocycles. The number of thioether (sulfide) groups is 1. The second kappa shape index (κ2) is 7.88. The number of nitrogens with zero attached hydrogens (tertiary/aromatic N) is 1. The molecule has 7 nitrogen and oxygen atoms in total. The smallest absolute Gasteiger partial charge is 0.294 e. The average molecular weight is 381 g/mol. The summed E-state index contributed by atoms with van der Waals surface area (Å²) in [5.74, 6) is -1.60. The fourth-order valence-corrected chi connectivity index (χ4v) is 3.24. The molecule has 27 heavy (non-hydrogen) atoms. The first kappa shape index (κ1) is 18.4. The number of anilines is 1. The number of benzene rings is 2. The Bertz CT molecular complexity index is 939. The van der Waals surface area contributed by atoms with E-state index in [-0.39, 0.29) is 4.91 Å². The topological polar surface area (TPSA) is 110 Å². The van der Waals surface area contributed by atoms with E-state index in [0.717, 1.165) is 22.2 Å². The highest BCUT2D eigenvalue weighted by Crippen LogP contribution is 2.32. The lowest BCUT2D eigenvalue weighted by Gasteiger charge is -2.12. The van der Waals surface area contributed by atoms with E-state index in [9.17, 15) is 19.2 Å². The van der Waals surface area contributed by atoms with Gasteiger partial charge in [-0.1, -0.05) is 30.3 Å². The van der Waals surface area contributed by atoms with Crippen molar-refractivity contribution in [1.29, 1.82) is 0 Å². The summed E-state index contributed by atoms with van der Waals surface area (Å²) in [6.07, 6.45) is 1.62. The lowest BCUT2D eigenvalue weighted by atomic mass is 10.2. The first-order valence-electron chi connectivity index (χ1n) is 7.94. The normalized spacial score (nSPS) is 15.3. The van der Waals surface area contributed by atoms with Crippen LogP contribution in [0.15, 0.2) is 59.5 Å². The summed E-state index contributed by atoms with van der Waals surface area (Å²) in [5.41, 5.74) is 6.69. The second-order valence-electron chi connectivity index (χ2n) is 5.67. The van der Waals surface area contributed by atoms with E-state index in [1.807, 2.05) is 30.3 Å². The van der Waals surface area contributed by atoms with E-state index in [4.69, 9.17) is 5.73 Å². The Balaban J connectivity index is 1.65. The van der Waals surface area contributed by atoms with Crippen molar-refractivity contribution in [2.75, 3.05) is 11.9 Å². The Kier molecular flexibility index (Phi) is 5.37. The van der Waals surface area contributed by atoms with E-state index in [1.54, 1.807) is 6.08 Å². The summed E-state index contributed by atoms with van der Waals surface area (Å²) in [4.78, 5) is 48.9. The van der Waals surface area contributed by atoms with Gasteiger partial charge in [0.2, 0.25) is 11.8 Å². The highest BCUT2D eigenvalue weighted by Gasteiger charge is 2.36. The summed E-state index contributed by atoms with van der Waals surface area (Å²) < 4.78 is 0. The van der Waals surface area contributed by atoms with Gasteiger partial charge in [0.15, 0.2) is 0 Å². The fourth-order valence-electron chi connectivity index (χ4n) is 2.40. The number of rotatable bonds is 5. The van der Waals surface area contributed by atoms with Crippen LogP contribution in [0.3, 0.4) is 0 Å². The Morgan fingerprint density at radius 2 is 1.70 bits per heavy atom. The van der Waals surface area contributed by atoms with Crippen LogP contribution in [0.25, 0.3) is 6.08 Å². The van der Waals surface area contributed by atoms with Gasteiger partial charge in [0.25, 0.3) is 11.1 Å². The van der Waals surface area contributed by atoms with Crippen LogP contribution in [0.2, 0.25) is 0 Å². The Hall–Kier alpha value is -3.39. The summed E-state index contributed by atoms with van der Waals surface area (Å²) in [6, 6.07) is 15.1. The Morgan fingerprint density at radius 3 is 2.33 bits per heavy atom. The molecule has 0 aliphatic carbocycles. The first-order valence-corrected chi connectivity index (χ1v) is 8.76. The first-order chi connectivity index (χ1) is 12.9. The molecule has 1 aliphatic heterocycles. The minimum atomic E-state index is -0.573. The molecule has 1 saturated heterocycles. The molecule has 4 amide bonds. The van der Waals surface area contributed by atoms with Crippen molar-refractivity contribution in [3.63, 3.8) is 0 Å². The van der Waals surface area contributed by atoms with Crippen LogP contribution < -0.4 is 11.1 Å². The highest BCUT2D eigenvalue weighted by atomic mass is 32.2. The van der Waals surface area contributed by atoms with Crippen molar-refractivity contribution in [1.82, 2.24) is 4.90 Å². The largest absolute Gasteiger partial charge is 0.366 e. The molecule has 1 fully saturated rings. The Morgan fingerprint density at radius 1 is 1.04 bits per heavy atom. The fraction of sp³-hybridized carbons (Fsp3) is 0.0526. The lowest BCUT2D eigenvalue weighted by molar-refractivity contribution is -0.127. The van der Waals surface area contributed by atoms with Gasteiger partial charge in [-0.3, -0.25) is 24.1 Å². The van der Waals surface area contributed by atoms with Crippen molar-refractivity contribution < 1.29 is 19.2 Å². The molecular weight excluding hydrogens is 366 g/mol. The van der Waals surface area contributed by atoms with Gasteiger partial charge in [0, 0.05) is 11.3 Å². The molecule has 0 spiro atoms. The number of hydrogen-bond acceptors (Lipinski definition) is 5. The minimum absolute atomic E-state index is 0.268. The average Bonchev–Trinajstić information content (AvgIpc) is 2.90. The predicted octanol–water partition coefficient (Wildman–Crippen LogP) is 2.46.